The molecule has 0 aromatic heterocycles. The van der Waals surface area contributed by atoms with Crippen LogP contribution in [0, 0.1) is 0 Å². The maximum atomic E-state index is 4.04. The molecule has 0 amide bonds. The molecule has 1 rings (SSSR count). The molecule has 0 aromatic carbocycles. The predicted octanol–water partition coefficient (Wildman–Crippen LogP) is 1.26. The number of hydrogen-bond donors (Lipinski definition) is 1. The molecule has 1 heterocycles. The standard InChI is InChI=1S/C6H10N2.BrH.H3N/c1-2-4-8-5-3-7-6-8;;/h2,6H,1,3-5H2;1H;1H3. The third kappa shape index (κ3) is 3.63. The molecule has 0 aromatic rings. The zero-order valence-electron chi connectivity index (χ0n) is 5.99. The molecule has 0 unspecified atom stereocenters. The monoisotopic (exact) mass is 207 g/mol. The van der Waals surface area contributed by atoms with Crippen LogP contribution in [0.4, 0.5) is 0 Å². The first-order valence-electron chi connectivity index (χ1n) is 2.78. The molecule has 4 heteroatoms. The van der Waals surface area contributed by atoms with Crippen LogP contribution in [0.3, 0.4) is 0 Å². The van der Waals surface area contributed by atoms with Gasteiger partial charge in [-0.15, -0.1) is 23.6 Å². The molecule has 3 nitrogen and oxygen atoms in total. The number of aliphatic imine (C=N–C) groups is 1. The van der Waals surface area contributed by atoms with E-state index < -0.39 is 0 Å². The molecule has 0 aliphatic carbocycles. The molecule has 0 spiro atoms. The third-order valence-corrected chi connectivity index (χ3v) is 1.12. The summed E-state index contributed by atoms with van der Waals surface area (Å²) in [6, 6.07) is 0. The molecule has 10 heavy (non-hydrogen) atoms. The summed E-state index contributed by atoms with van der Waals surface area (Å²) in [4.78, 5) is 6.17. The van der Waals surface area contributed by atoms with Gasteiger partial charge in [0.2, 0.25) is 0 Å². The van der Waals surface area contributed by atoms with E-state index in [0.717, 1.165) is 19.6 Å². The Labute approximate surface area is 72.2 Å². The Kier molecular flexibility index (Phi) is 8.35. The fourth-order valence-electron chi connectivity index (χ4n) is 0.721. The van der Waals surface area contributed by atoms with E-state index in [2.05, 4.69) is 16.5 Å². The fourth-order valence-corrected chi connectivity index (χ4v) is 0.721. The van der Waals surface area contributed by atoms with Crippen LogP contribution >= 0.6 is 17.0 Å². The highest BCUT2D eigenvalue weighted by Crippen LogP contribution is 1.90. The summed E-state index contributed by atoms with van der Waals surface area (Å²) in [6.07, 6.45) is 3.76. The molecule has 0 atom stereocenters. The van der Waals surface area contributed by atoms with E-state index in [9.17, 15) is 0 Å². The Balaban J connectivity index is 0. The van der Waals surface area contributed by atoms with Crippen molar-refractivity contribution in [3.63, 3.8) is 0 Å². The lowest BCUT2D eigenvalue weighted by Crippen LogP contribution is -2.18. The van der Waals surface area contributed by atoms with Gasteiger partial charge in [-0.2, -0.15) is 0 Å². The average molecular weight is 208 g/mol. The zero-order valence-corrected chi connectivity index (χ0v) is 7.71. The highest BCUT2D eigenvalue weighted by Gasteiger charge is 1.99. The summed E-state index contributed by atoms with van der Waals surface area (Å²) in [5.74, 6) is 0. The highest BCUT2D eigenvalue weighted by atomic mass is 79.9. The van der Waals surface area contributed by atoms with Crippen LogP contribution in [0.15, 0.2) is 17.6 Å². The van der Waals surface area contributed by atoms with Gasteiger partial charge < -0.3 is 11.1 Å². The summed E-state index contributed by atoms with van der Waals surface area (Å²) in [7, 11) is 0. The lowest BCUT2D eigenvalue weighted by molar-refractivity contribution is 0.519. The summed E-state index contributed by atoms with van der Waals surface area (Å²) >= 11 is 0. The summed E-state index contributed by atoms with van der Waals surface area (Å²) < 4.78 is 0. The van der Waals surface area contributed by atoms with Gasteiger partial charge in [0, 0.05) is 13.1 Å². The first kappa shape index (κ1) is 12.3. The van der Waals surface area contributed by atoms with Crippen molar-refractivity contribution >= 4 is 23.3 Å². The van der Waals surface area contributed by atoms with E-state index >= 15 is 0 Å². The molecule has 0 radical (unpaired) electrons. The van der Waals surface area contributed by atoms with E-state index in [-0.39, 0.29) is 23.1 Å². The van der Waals surface area contributed by atoms with Gasteiger partial charge >= 0.3 is 0 Å². The maximum Gasteiger partial charge on any atom is 0.0854 e. The SMILES string of the molecule is Br.C=CCN1C=NCC1.N. The van der Waals surface area contributed by atoms with Crippen molar-refractivity contribution in [2.45, 2.75) is 0 Å². The van der Waals surface area contributed by atoms with Gasteiger partial charge in [0.1, 0.15) is 0 Å². The Morgan fingerprint density at radius 3 is 2.80 bits per heavy atom. The molecular weight excluding hydrogens is 194 g/mol. The fraction of sp³-hybridized carbons (Fsp3) is 0.500. The minimum atomic E-state index is 0. The minimum absolute atomic E-state index is 0. The predicted molar refractivity (Wildman–Crippen MR) is 50.5 cm³/mol. The van der Waals surface area contributed by atoms with Crippen molar-refractivity contribution < 1.29 is 0 Å². The molecule has 0 bridgehead atoms. The second kappa shape index (κ2) is 6.77. The quantitative estimate of drug-likeness (QED) is 0.694. The van der Waals surface area contributed by atoms with E-state index in [0.29, 0.717) is 0 Å². The van der Waals surface area contributed by atoms with Gasteiger partial charge in [0.05, 0.1) is 12.9 Å². The Morgan fingerprint density at radius 1 is 1.70 bits per heavy atom. The molecule has 1 aliphatic heterocycles. The minimum Gasteiger partial charge on any atom is -0.357 e. The van der Waals surface area contributed by atoms with Crippen LogP contribution in [-0.2, 0) is 0 Å². The van der Waals surface area contributed by atoms with Crippen LogP contribution in [0.5, 0.6) is 0 Å². The van der Waals surface area contributed by atoms with Crippen molar-refractivity contribution in [2.24, 2.45) is 4.99 Å². The van der Waals surface area contributed by atoms with Gasteiger partial charge in [0.25, 0.3) is 0 Å². The first-order chi connectivity index (χ1) is 3.93. The van der Waals surface area contributed by atoms with Crippen molar-refractivity contribution in [1.82, 2.24) is 11.1 Å². The molecule has 1 aliphatic rings. The van der Waals surface area contributed by atoms with Crippen LogP contribution in [-0.4, -0.2) is 30.9 Å². The van der Waals surface area contributed by atoms with Gasteiger partial charge in [-0.1, -0.05) is 6.08 Å². The van der Waals surface area contributed by atoms with Crippen LogP contribution in [0.1, 0.15) is 0 Å². The second-order valence-corrected chi connectivity index (χ2v) is 1.81. The van der Waals surface area contributed by atoms with Crippen LogP contribution in [0.25, 0.3) is 0 Å². The smallest absolute Gasteiger partial charge is 0.0854 e. The summed E-state index contributed by atoms with van der Waals surface area (Å²) in [6.45, 7) is 6.57. The Bertz CT molecular complexity index is 114. The largest absolute Gasteiger partial charge is 0.357 e. The lowest BCUT2D eigenvalue weighted by Gasteiger charge is -2.08. The van der Waals surface area contributed by atoms with Gasteiger partial charge in [-0.25, -0.2) is 0 Å². The number of rotatable bonds is 2. The van der Waals surface area contributed by atoms with E-state index in [1.54, 1.807) is 0 Å². The van der Waals surface area contributed by atoms with Gasteiger partial charge in [-0.3, -0.25) is 4.99 Å². The molecule has 3 N–H and O–H groups in total. The van der Waals surface area contributed by atoms with E-state index in [1.807, 2.05) is 12.4 Å². The van der Waals surface area contributed by atoms with Crippen molar-refractivity contribution in [1.29, 1.82) is 0 Å². The first-order valence-corrected chi connectivity index (χ1v) is 2.78. The van der Waals surface area contributed by atoms with Crippen molar-refractivity contribution in [3.05, 3.63) is 12.7 Å². The maximum absolute atomic E-state index is 4.04. The molecule has 0 saturated heterocycles. The average Bonchev–Trinajstić information content (AvgIpc) is 2.19. The second-order valence-electron chi connectivity index (χ2n) is 1.81. The molecular formula is C6H14BrN3. The van der Waals surface area contributed by atoms with Crippen LogP contribution in [0.2, 0.25) is 0 Å². The van der Waals surface area contributed by atoms with Crippen molar-refractivity contribution in [3.8, 4) is 0 Å². The Hall–Kier alpha value is -0.350. The van der Waals surface area contributed by atoms with Crippen LogP contribution < -0.4 is 6.15 Å². The summed E-state index contributed by atoms with van der Waals surface area (Å²) in [5.41, 5.74) is 0. The van der Waals surface area contributed by atoms with Gasteiger partial charge in [-0.05, 0) is 0 Å². The van der Waals surface area contributed by atoms with E-state index in [4.69, 9.17) is 0 Å². The summed E-state index contributed by atoms with van der Waals surface area (Å²) in [5, 5.41) is 0. The number of nitrogens with zero attached hydrogens (tertiary/aromatic N) is 2. The lowest BCUT2D eigenvalue weighted by atomic mass is 10.5. The Morgan fingerprint density at radius 2 is 2.40 bits per heavy atom. The highest BCUT2D eigenvalue weighted by molar-refractivity contribution is 8.93. The number of hydrogen-bond acceptors (Lipinski definition) is 3. The molecule has 0 fully saturated rings. The zero-order chi connectivity index (χ0) is 5.82. The van der Waals surface area contributed by atoms with E-state index in [1.165, 1.54) is 0 Å². The topological polar surface area (TPSA) is 50.6 Å². The molecule has 60 valence electrons. The van der Waals surface area contributed by atoms with Gasteiger partial charge in [0.15, 0.2) is 0 Å². The molecule has 0 saturated carbocycles. The third-order valence-electron chi connectivity index (χ3n) is 1.12. The number of halogens is 1. The van der Waals surface area contributed by atoms with Crippen molar-refractivity contribution in [2.75, 3.05) is 19.6 Å². The normalized spacial score (nSPS) is 13.8.